The molecule has 0 bridgehead atoms. The summed E-state index contributed by atoms with van der Waals surface area (Å²) in [4.78, 5) is 19.7. The normalized spacial score (nSPS) is 10.4. The molecule has 0 aliphatic carbocycles. The second-order valence-electron chi connectivity index (χ2n) is 6.52. The van der Waals surface area contributed by atoms with Crippen LogP contribution in [-0.4, -0.2) is 30.1 Å². The molecule has 3 aromatic rings. The van der Waals surface area contributed by atoms with Crippen molar-refractivity contribution in [2.45, 2.75) is 19.4 Å². The van der Waals surface area contributed by atoms with Gasteiger partial charge in [0, 0.05) is 24.1 Å². The Bertz CT molecular complexity index is 995. The van der Waals surface area contributed by atoms with E-state index in [9.17, 15) is 4.79 Å². The number of allylic oxidation sites excluding steroid dienone is 1. The molecule has 0 fully saturated rings. The number of methoxy groups -OCH3 is 2. The largest absolute Gasteiger partial charge is 0.497 e. The minimum atomic E-state index is 0.0145. The molecule has 1 amide bonds. The Morgan fingerprint density at radius 2 is 2.07 bits per heavy atom. The van der Waals surface area contributed by atoms with Crippen LogP contribution in [0.1, 0.15) is 18.4 Å². The summed E-state index contributed by atoms with van der Waals surface area (Å²) in [6.07, 6.45) is 4.64. The molecule has 29 heavy (non-hydrogen) atoms. The maximum Gasteiger partial charge on any atom is 0.220 e. The van der Waals surface area contributed by atoms with Gasteiger partial charge in [-0.2, -0.15) is 0 Å². The van der Waals surface area contributed by atoms with E-state index in [2.05, 4.69) is 21.9 Å². The maximum absolute atomic E-state index is 11.8. The lowest BCUT2D eigenvalue weighted by molar-refractivity contribution is -0.121. The zero-order chi connectivity index (χ0) is 20.6. The summed E-state index contributed by atoms with van der Waals surface area (Å²) in [6, 6.07) is 13.6. The minimum Gasteiger partial charge on any atom is -0.497 e. The van der Waals surface area contributed by atoms with E-state index in [-0.39, 0.29) is 5.91 Å². The fourth-order valence-electron chi connectivity index (χ4n) is 2.98. The van der Waals surface area contributed by atoms with Gasteiger partial charge in [0.1, 0.15) is 17.3 Å². The van der Waals surface area contributed by atoms with Crippen molar-refractivity contribution in [2.75, 3.05) is 14.2 Å². The highest BCUT2D eigenvalue weighted by Crippen LogP contribution is 2.33. The standard InChI is InChI=1S/C23H25N3O3/c1-4-5-9-22(27)24-14-16-7-6-8-17(12-16)23-25-15-20(26-23)19-13-18(28-2)10-11-21(19)29-3/h4,6-8,10-13,15H,1,5,9,14H2,2-3H3,(H,24,27)(H,25,26). The van der Waals surface area contributed by atoms with Crippen molar-refractivity contribution < 1.29 is 14.3 Å². The molecule has 0 aliphatic heterocycles. The average molecular weight is 391 g/mol. The van der Waals surface area contributed by atoms with Crippen LogP contribution >= 0.6 is 0 Å². The van der Waals surface area contributed by atoms with Crippen molar-refractivity contribution in [3.8, 4) is 34.1 Å². The number of benzene rings is 2. The van der Waals surface area contributed by atoms with Crippen LogP contribution < -0.4 is 14.8 Å². The van der Waals surface area contributed by atoms with Gasteiger partial charge in [0.2, 0.25) is 5.91 Å². The number of aromatic amines is 1. The number of aromatic nitrogens is 2. The lowest BCUT2D eigenvalue weighted by Crippen LogP contribution is -2.22. The Hall–Kier alpha value is -3.54. The molecular weight excluding hydrogens is 366 g/mol. The first-order chi connectivity index (χ1) is 14.1. The fraction of sp³-hybridized carbons (Fsp3) is 0.217. The van der Waals surface area contributed by atoms with E-state index >= 15 is 0 Å². The number of carbonyl (C=O) groups is 1. The van der Waals surface area contributed by atoms with Crippen LogP contribution in [0, 0.1) is 0 Å². The maximum atomic E-state index is 11.8. The molecule has 0 spiro atoms. The van der Waals surface area contributed by atoms with Gasteiger partial charge in [0.05, 0.1) is 26.1 Å². The molecule has 0 aliphatic rings. The summed E-state index contributed by atoms with van der Waals surface area (Å²) in [5.74, 6) is 2.23. The number of nitrogens with one attached hydrogen (secondary N) is 2. The lowest BCUT2D eigenvalue weighted by atomic mass is 10.1. The van der Waals surface area contributed by atoms with Crippen LogP contribution in [0.15, 0.2) is 61.3 Å². The molecule has 2 N–H and O–H groups in total. The monoisotopic (exact) mass is 391 g/mol. The molecule has 0 saturated carbocycles. The smallest absolute Gasteiger partial charge is 0.220 e. The van der Waals surface area contributed by atoms with E-state index in [1.165, 1.54) is 0 Å². The molecule has 0 radical (unpaired) electrons. The van der Waals surface area contributed by atoms with Crippen LogP contribution in [0.3, 0.4) is 0 Å². The van der Waals surface area contributed by atoms with Crippen molar-refractivity contribution in [1.82, 2.24) is 15.3 Å². The van der Waals surface area contributed by atoms with Gasteiger partial charge in [0.25, 0.3) is 0 Å². The molecule has 150 valence electrons. The lowest BCUT2D eigenvalue weighted by Gasteiger charge is -2.09. The number of amides is 1. The number of hydrogen-bond acceptors (Lipinski definition) is 4. The van der Waals surface area contributed by atoms with E-state index in [4.69, 9.17) is 9.47 Å². The van der Waals surface area contributed by atoms with Gasteiger partial charge < -0.3 is 19.8 Å². The Morgan fingerprint density at radius 3 is 2.83 bits per heavy atom. The van der Waals surface area contributed by atoms with Crippen molar-refractivity contribution in [1.29, 1.82) is 0 Å². The number of H-pyrrole nitrogens is 1. The van der Waals surface area contributed by atoms with E-state index in [0.717, 1.165) is 39.7 Å². The predicted octanol–water partition coefficient (Wildman–Crippen LogP) is 4.34. The third-order valence-electron chi connectivity index (χ3n) is 4.54. The zero-order valence-electron chi connectivity index (χ0n) is 16.7. The van der Waals surface area contributed by atoms with E-state index < -0.39 is 0 Å². The molecular formula is C23H25N3O3. The number of ether oxygens (including phenoxy) is 2. The first kappa shape index (κ1) is 20.2. The Balaban J connectivity index is 1.79. The van der Waals surface area contributed by atoms with Crippen LogP contribution in [0.4, 0.5) is 0 Å². The summed E-state index contributed by atoms with van der Waals surface area (Å²) in [6.45, 7) is 4.11. The van der Waals surface area contributed by atoms with Crippen molar-refractivity contribution >= 4 is 5.91 Å². The molecule has 0 atom stereocenters. The Morgan fingerprint density at radius 1 is 1.21 bits per heavy atom. The van der Waals surface area contributed by atoms with Gasteiger partial charge in [-0.25, -0.2) is 4.98 Å². The summed E-state index contributed by atoms with van der Waals surface area (Å²) >= 11 is 0. The van der Waals surface area contributed by atoms with Crippen LogP contribution in [0.25, 0.3) is 22.6 Å². The number of nitrogens with zero attached hydrogens (tertiary/aromatic N) is 1. The predicted molar refractivity (Wildman–Crippen MR) is 114 cm³/mol. The highest BCUT2D eigenvalue weighted by atomic mass is 16.5. The van der Waals surface area contributed by atoms with Crippen molar-refractivity contribution in [2.24, 2.45) is 0 Å². The summed E-state index contributed by atoms with van der Waals surface area (Å²) in [7, 11) is 3.26. The minimum absolute atomic E-state index is 0.0145. The highest BCUT2D eigenvalue weighted by Gasteiger charge is 2.12. The number of carbonyl (C=O) groups excluding carboxylic acids is 1. The molecule has 6 heteroatoms. The first-order valence-electron chi connectivity index (χ1n) is 9.39. The Labute approximate surface area is 170 Å². The molecule has 6 nitrogen and oxygen atoms in total. The molecule has 1 heterocycles. The third-order valence-corrected chi connectivity index (χ3v) is 4.54. The van der Waals surface area contributed by atoms with Gasteiger partial charge >= 0.3 is 0 Å². The summed E-state index contributed by atoms with van der Waals surface area (Å²) < 4.78 is 10.8. The van der Waals surface area contributed by atoms with E-state index in [1.54, 1.807) is 26.5 Å². The van der Waals surface area contributed by atoms with Gasteiger partial charge in [-0.1, -0.05) is 24.3 Å². The second kappa shape index (κ2) is 9.59. The van der Waals surface area contributed by atoms with Crippen LogP contribution in [0.2, 0.25) is 0 Å². The molecule has 0 saturated heterocycles. The number of hydrogen-bond donors (Lipinski definition) is 2. The van der Waals surface area contributed by atoms with E-state index in [0.29, 0.717) is 19.4 Å². The van der Waals surface area contributed by atoms with Crippen molar-refractivity contribution in [3.05, 3.63) is 66.9 Å². The van der Waals surface area contributed by atoms with Gasteiger partial charge in [-0.05, 0) is 36.2 Å². The second-order valence-corrected chi connectivity index (χ2v) is 6.52. The molecule has 3 rings (SSSR count). The fourth-order valence-corrected chi connectivity index (χ4v) is 2.98. The first-order valence-corrected chi connectivity index (χ1v) is 9.39. The van der Waals surface area contributed by atoms with E-state index in [1.807, 2.05) is 42.5 Å². The number of imidazole rings is 1. The summed E-state index contributed by atoms with van der Waals surface area (Å²) in [5.41, 5.74) is 3.65. The van der Waals surface area contributed by atoms with Gasteiger partial charge in [0.15, 0.2) is 0 Å². The average Bonchev–Trinajstić information content (AvgIpc) is 3.26. The topological polar surface area (TPSA) is 76.2 Å². The highest BCUT2D eigenvalue weighted by molar-refractivity contribution is 5.76. The summed E-state index contributed by atoms with van der Waals surface area (Å²) in [5, 5.41) is 2.92. The van der Waals surface area contributed by atoms with Crippen molar-refractivity contribution in [3.63, 3.8) is 0 Å². The third kappa shape index (κ3) is 5.04. The zero-order valence-corrected chi connectivity index (χ0v) is 16.7. The van der Waals surface area contributed by atoms with Gasteiger partial charge in [-0.15, -0.1) is 6.58 Å². The SMILES string of the molecule is C=CCCC(=O)NCc1cccc(-c2ncc(-c3cc(OC)ccc3OC)[nH]2)c1. The molecule has 0 unspecified atom stereocenters. The number of rotatable bonds is 9. The van der Waals surface area contributed by atoms with Crippen LogP contribution in [-0.2, 0) is 11.3 Å². The van der Waals surface area contributed by atoms with Gasteiger partial charge in [-0.3, -0.25) is 4.79 Å². The Kier molecular flexibility index (Phi) is 6.68. The van der Waals surface area contributed by atoms with Crippen LogP contribution in [0.5, 0.6) is 11.5 Å². The molecule has 1 aromatic heterocycles. The quantitative estimate of drug-likeness (QED) is 0.532. The molecule has 2 aromatic carbocycles.